The number of hydrogen-bond donors (Lipinski definition) is 2. The largest absolute Gasteiger partial charge is 0.329 e. The molecule has 0 radical (unpaired) electrons. The number of nitrogens with one attached hydrogen (secondary N) is 1. The van der Waals surface area contributed by atoms with E-state index in [2.05, 4.69) is 12.2 Å². The third-order valence-electron chi connectivity index (χ3n) is 3.38. The molecular formula is C9H20N2. The summed E-state index contributed by atoms with van der Waals surface area (Å²) in [5.74, 6) is 0.836. The van der Waals surface area contributed by atoms with Crippen LogP contribution in [-0.2, 0) is 0 Å². The van der Waals surface area contributed by atoms with Crippen LogP contribution in [0.1, 0.15) is 32.6 Å². The molecule has 0 aliphatic heterocycles. The van der Waals surface area contributed by atoms with E-state index in [1.165, 1.54) is 19.3 Å². The van der Waals surface area contributed by atoms with Crippen LogP contribution in [0.2, 0.25) is 0 Å². The maximum absolute atomic E-state index is 5.78. The van der Waals surface area contributed by atoms with Crippen LogP contribution in [0.15, 0.2) is 0 Å². The summed E-state index contributed by atoms with van der Waals surface area (Å²) in [6.07, 6.45) is 5.29. The van der Waals surface area contributed by atoms with Gasteiger partial charge in [0.2, 0.25) is 0 Å². The van der Waals surface area contributed by atoms with E-state index in [-0.39, 0.29) is 5.54 Å². The summed E-state index contributed by atoms with van der Waals surface area (Å²) in [4.78, 5) is 0. The van der Waals surface area contributed by atoms with Gasteiger partial charge in [-0.25, -0.2) is 0 Å². The first kappa shape index (κ1) is 9.01. The Morgan fingerprint density at radius 2 is 2.18 bits per heavy atom. The summed E-state index contributed by atoms with van der Waals surface area (Å²) >= 11 is 0. The Morgan fingerprint density at radius 1 is 1.55 bits per heavy atom. The summed E-state index contributed by atoms with van der Waals surface area (Å²) < 4.78 is 0. The molecule has 2 heteroatoms. The predicted molar refractivity (Wildman–Crippen MR) is 48.5 cm³/mol. The average Bonchev–Trinajstić information content (AvgIpc) is 1.97. The first-order valence-electron chi connectivity index (χ1n) is 4.68. The lowest BCUT2D eigenvalue weighted by Crippen LogP contribution is -2.56. The van der Waals surface area contributed by atoms with Crippen LogP contribution in [0.5, 0.6) is 0 Å². The molecule has 1 unspecified atom stereocenters. The maximum atomic E-state index is 5.78. The first-order chi connectivity index (χ1) is 5.29. The molecule has 1 aliphatic rings. The van der Waals surface area contributed by atoms with Crippen molar-refractivity contribution in [1.29, 1.82) is 0 Å². The molecular weight excluding hydrogens is 136 g/mol. The van der Waals surface area contributed by atoms with Gasteiger partial charge in [0.25, 0.3) is 0 Å². The Bertz CT molecular complexity index is 106. The standard InChI is InChI=1S/C9H20N2/c1-3-9(7-10,11-2)8-5-4-6-8/h8,11H,3-7,10H2,1-2H3. The molecule has 0 saturated heterocycles. The van der Waals surface area contributed by atoms with Crippen LogP contribution in [0, 0.1) is 5.92 Å². The Morgan fingerprint density at radius 3 is 2.27 bits per heavy atom. The van der Waals surface area contributed by atoms with Crippen molar-refractivity contribution in [3.63, 3.8) is 0 Å². The van der Waals surface area contributed by atoms with E-state index >= 15 is 0 Å². The fourth-order valence-electron chi connectivity index (χ4n) is 2.04. The molecule has 11 heavy (non-hydrogen) atoms. The molecule has 0 amide bonds. The van der Waals surface area contributed by atoms with Gasteiger partial charge in [-0.1, -0.05) is 13.3 Å². The van der Waals surface area contributed by atoms with Gasteiger partial charge in [-0.2, -0.15) is 0 Å². The molecule has 1 rings (SSSR count). The fraction of sp³-hybridized carbons (Fsp3) is 1.00. The van der Waals surface area contributed by atoms with Crippen LogP contribution in [-0.4, -0.2) is 19.1 Å². The van der Waals surface area contributed by atoms with E-state index in [1.54, 1.807) is 0 Å². The molecule has 0 aromatic heterocycles. The molecule has 1 saturated carbocycles. The Kier molecular flexibility index (Phi) is 2.90. The average molecular weight is 156 g/mol. The summed E-state index contributed by atoms with van der Waals surface area (Å²) in [6.45, 7) is 3.01. The maximum Gasteiger partial charge on any atom is 0.0327 e. The van der Waals surface area contributed by atoms with Crippen molar-refractivity contribution in [2.45, 2.75) is 38.1 Å². The Balaban J connectivity index is 2.54. The summed E-state index contributed by atoms with van der Waals surface area (Å²) in [7, 11) is 2.04. The van der Waals surface area contributed by atoms with Gasteiger partial charge in [-0.15, -0.1) is 0 Å². The van der Waals surface area contributed by atoms with Crippen molar-refractivity contribution in [2.24, 2.45) is 11.7 Å². The van der Waals surface area contributed by atoms with Crippen LogP contribution >= 0.6 is 0 Å². The molecule has 3 N–H and O–H groups in total. The number of rotatable bonds is 4. The van der Waals surface area contributed by atoms with E-state index in [9.17, 15) is 0 Å². The highest BCUT2D eigenvalue weighted by molar-refractivity contribution is 4.96. The Hall–Kier alpha value is -0.0800. The summed E-state index contributed by atoms with van der Waals surface area (Å²) in [5.41, 5.74) is 6.02. The molecule has 1 atom stereocenters. The van der Waals surface area contributed by atoms with Crippen molar-refractivity contribution in [2.75, 3.05) is 13.6 Å². The van der Waals surface area contributed by atoms with Crippen molar-refractivity contribution < 1.29 is 0 Å². The molecule has 1 aliphatic carbocycles. The van der Waals surface area contributed by atoms with Gasteiger partial charge in [0, 0.05) is 12.1 Å². The van der Waals surface area contributed by atoms with Gasteiger partial charge in [0.15, 0.2) is 0 Å². The first-order valence-corrected chi connectivity index (χ1v) is 4.68. The van der Waals surface area contributed by atoms with Crippen LogP contribution in [0.25, 0.3) is 0 Å². The lowest BCUT2D eigenvalue weighted by Gasteiger charge is -2.44. The second kappa shape index (κ2) is 3.55. The second-order valence-electron chi connectivity index (χ2n) is 3.59. The quantitative estimate of drug-likeness (QED) is 0.640. The van der Waals surface area contributed by atoms with Gasteiger partial charge in [0.1, 0.15) is 0 Å². The highest BCUT2D eigenvalue weighted by atomic mass is 15.0. The van der Waals surface area contributed by atoms with Crippen molar-refractivity contribution >= 4 is 0 Å². The molecule has 0 aromatic carbocycles. The second-order valence-corrected chi connectivity index (χ2v) is 3.59. The minimum Gasteiger partial charge on any atom is -0.329 e. The molecule has 1 fully saturated rings. The van der Waals surface area contributed by atoms with E-state index in [0.29, 0.717) is 0 Å². The number of hydrogen-bond acceptors (Lipinski definition) is 2. The minimum atomic E-state index is 0.248. The SMILES string of the molecule is CCC(CN)(NC)C1CCC1. The van der Waals surface area contributed by atoms with Crippen LogP contribution < -0.4 is 11.1 Å². The molecule has 2 nitrogen and oxygen atoms in total. The van der Waals surface area contributed by atoms with Crippen molar-refractivity contribution in [3.8, 4) is 0 Å². The number of likely N-dealkylation sites (N-methyl/N-ethyl adjacent to an activating group) is 1. The van der Waals surface area contributed by atoms with Gasteiger partial charge in [-0.05, 0) is 32.2 Å². The number of nitrogens with two attached hydrogens (primary N) is 1. The van der Waals surface area contributed by atoms with Gasteiger partial charge >= 0.3 is 0 Å². The minimum absolute atomic E-state index is 0.248. The molecule has 0 aromatic rings. The molecule has 66 valence electrons. The van der Waals surface area contributed by atoms with E-state index in [4.69, 9.17) is 5.73 Å². The zero-order chi connectivity index (χ0) is 8.32. The third kappa shape index (κ3) is 1.42. The van der Waals surface area contributed by atoms with E-state index < -0.39 is 0 Å². The van der Waals surface area contributed by atoms with Crippen molar-refractivity contribution in [1.82, 2.24) is 5.32 Å². The van der Waals surface area contributed by atoms with Gasteiger partial charge in [-0.3, -0.25) is 0 Å². The van der Waals surface area contributed by atoms with E-state index in [1.807, 2.05) is 7.05 Å². The summed E-state index contributed by atoms with van der Waals surface area (Å²) in [5, 5.41) is 3.39. The fourth-order valence-corrected chi connectivity index (χ4v) is 2.04. The van der Waals surface area contributed by atoms with Crippen LogP contribution in [0.3, 0.4) is 0 Å². The van der Waals surface area contributed by atoms with Gasteiger partial charge in [0.05, 0.1) is 0 Å². The molecule has 0 heterocycles. The van der Waals surface area contributed by atoms with Crippen molar-refractivity contribution in [3.05, 3.63) is 0 Å². The van der Waals surface area contributed by atoms with Crippen LogP contribution in [0.4, 0.5) is 0 Å². The molecule has 0 spiro atoms. The zero-order valence-corrected chi connectivity index (χ0v) is 7.69. The monoisotopic (exact) mass is 156 g/mol. The summed E-state index contributed by atoms with van der Waals surface area (Å²) in [6, 6.07) is 0. The lowest BCUT2D eigenvalue weighted by molar-refractivity contribution is 0.136. The van der Waals surface area contributed by atoms with E-state index in [0.717, 1.165) is 18.9 Å². The highest BCUT2D eigenvalue weighted by Gasteiger charge is 2.37. The predicted octanol–water partition coefficient (Wildman–Crippen LogP) is 1.11. The normalized spacial score (nSPS) is 24.3. The van der Waals surface area contributed by atoms with Gasteiger partial charge < -0.3 is 11.1 Å². The third-order valence-corrected chi connectivity index (χ3v) is 3.38. The lowest BCUT2D eigenvalue weighted by atomic mass is 9.69. The smallest absolute Gasteiger partial charge is 0.0327 e. The highest BCUT2D eigenvalue weighted by Crippen LogP contribution is 2.37. The zero-order valence-electron chi connectivity index (χ0n) is 7.69. The Labute approximate surface area is 69.5 Å². The topological polar surface area (TPSA) is 38.0 Å². The molecule has 0 bridgehead atoms.